The van der Waals surface area contributed by atoms with Gasteiger partial charge in [-0.2, -0.15) is 0 Å². The van der Waals surface area contributed by atoms with E-state index in [0.29, 0.717) is 20.6 Å². The molecule has 4 rings (SSSR count). The van der Waals surface area contributed by atoms with Gasteiger partial charge >= 0.3 is 5.97 Å². The Morgan fingerprint density at radius 1 is 1.09 bits per heavy atom. The maximum atomic E-state index is 13.6. The monoisotopic (exact) mass is 486 g/mol. The third kappa shape index (κ3) is 5.28. The first kappa shape index (κ1) is 24.6. The average molecular weight is 487 g/mol. The summed E-state index contributed by atoms with van der Waals surface area (Å²) >= 11 is 1.33. The van der Waals surface area contributed by atoms with Gasteiger partial charge in [-0.1, -0.05) is 98.9 Å². The molecule has 2 aromatic carbocycles. The quantitative estimate of drug-likeness (QED) is 0.489. The maximum Gasteiger partial charge on any atom is 0.338 e. The topological polar surface area (TPSA) is 60.7 Å². The van der Waals surface area contributed by atoms with Crippen molar-refractivity contribution in [2.24, 2.45) is 4.99 Å². The van der Waals surface area contributed by atoms with E-state index in [4.69, 9.17) is 4.74 Å². The molecular weight excluding hydrogens is 456 g/mol. The molecule has 35 heavy (non-hydrogen) atoms. The molecule has 0 saturated carbocycles. The van der Waals surface area contributed by atoms with Crippen LogP contribution in [0.2, 0.25) is 0 Å². The van der Waals surface area contributed by atoms with Gasteiger partial charge in [-0.15, -0.1) is 0 Å². The molecule has 2 heterocycles. The van der Waals surface area contributed by atoms with Crippen LogP contribution in [-0.4, -0.2) is 17.1 Å². The van der Waals surface area contributed by atoms with E-state index < -0.39 is 12.0 Å². The van der Waals surface area contributed by atoms with Crippen molar-refractivity contribution in [3.05, 3.63) is 108 Å². The summed E-state index contributed by atoms with van der Waals surface area (Å²) in [6.07, 6.45) is 5.68. The van der Waals surface area contributed by atoms with Crippen molar-refractivity contribution >= 4 is 29.5 Å². The highest BCUT2D eigenvalue weighted by Gasteiger charge is 2.30. The standard InChI is InChI=1S/C29H30N2O3S/c1-6-34-27(33)25-19(2)30-28-31(23(25)17-14-20-10-8-7-9-11-20)26(32)24(35-28)18-21-12-15-22(16-13-21)29(3,4)5/h7-18,23H,6H2,1-5H3. The number of ether oxygens (including phenoxy) is 1. The fraction of sp³-hybridized carbons (Fsp3) is 0.276. The molecule has 0 N–H and O–H groups in total. The minimum atomic E-state index is -0.601. The number of hydrogen-bond acceptors (Lipinski definition) is 5. The molecule has 1 aliphatic rings. The molecule has 0 aliphatic carbocycles. The van der Waals surface area contributed by atoms with Crippen LogP contribution in [0.1, 0.15) is 57.4 Å². The van der Waals surface area contributed by atoms with Gasteiger partial charge in [-0.05, 0) is 42.0 Å². The predicted molar refractivity (Wildman–Crippen MR) is 142 cm³/mol. The van der Waals surface area contributed by atoms with Crippen molar-refractivity contribution in [1.29, 1.82) is 0 Å². The van der Waals surface area contributed by atoms with E-state index in [0.717, 1.165) is 11.1 Å². The molecule has 0 saturated heterocycles. The molecule has 0 spiro atoms. The number of carbonyl (C=O) groups excluding carboxylic acids is 1. The van der Waals surface area contributed by atoms with Crippen molar-refractivity contribution in [3.8, 4) is 0 Å². The normalized spacial score (nSPS) is 16.4. The number of esters is 1. The zero-order valence-corrected chi connectivity index (χ0v) is 21.6. The van der Waals surface area contributed by atoms with Crippen LogP contribution in [0.25, 0.3) is 12.2 Å². The Morgan fingerprint density at radius 2 is 1.77 bits per heavy atom. The molecule has 1 atom stereocenters. The van der Waals surface area contributed by atoms with E-state index in [-0.39, 0.29) is 17.6 Å². The van der Waals surface area contributed by atoms with E-state index in [2.05, 4.69) is 37.9 Å². The van der Waals surface area contributed by atoms with E-state index >= 15 is 0 Å². The molecule has 3 aromatic rings. The van der Waals surface area contributed by atoms with Crippen LogP contribution in [-0.2, 0) is 14.9 Å². The van der Waals surface area contributed by atoms with Gasteiger partial charge in [-0.3, -0.25) is 9.36 Å². The number of hydrogen-bond donors (Lipinski definition) is 0. The highest BCUT2D eigenvalue weighted by atomic mass is 32.1. The first-order valence-electron chi connectivity index (χ1n) is 11.7. The molecule has 1 aromatic heterocycles. The van der Waals surface area contributed by atoms with Crippen LogP contribution < -0.4 is 14.9 Å². The zero-order chi connectivity index (χ0) is 25.2. The SMILES string of the molecule is CCOC(=O)C1=C(C)N=c2sc(=Cc3ccc(C(C)(C)C)cc3)c(=O)n2C1C=Cc1ccccc1. The van der Waals surface area contributed by atoms with E-state index in [9.17, 15) is 9.59 Å². The summed E-state index contributed by atoms with van der Waals surface area (Å²) in [5, 5.41) is 0. The highest BCUT2D eigenvalue weighted by molar-refractivity contribution is 7.07. The fourth-order valence-electron chi connectivity index (χ4n) is 4.01. The Kier molecular flexibility index (Phi) is 7.03. The predicted octanol–water partition coefficient (Wildman–Crippen LogP) is 4.76. The van der Waals surface area contributed by atoms with Crippen molar-refractivity contribution in [2.45, 2.75) is 46.1 Å². The number of benzene rings is 2. The number of allylic oxidation sites excluding steroid dienone is 2. The first-order chi connectivity index (χ1) is 16.7. The number of nitrogens with zero attached hydrogens (tertiary/aromatic N) is 2. The number of fused-ring (bicyclic) bond motifs is 1. The molecule has 5 nitrogen and oxygen atoms in total. The fourth-order valence-corrected chi connectivity index (χ4v) is 5.07. The van der Waals surface area contributed by atoms with Crippen molar-refractivity contribution in [3.63, 3.8) is 0 Å². The molecule has 1 unspecified atom stereocenters. The molecule has 0 radical (unpaired) electrons. The summed E-state index contributed by atoms with van der Waals surface area (Å²) in [5.41, 5.74) is 3.99. The molecule has 0 fully saturated rings. The van der Waals surface area contributed by atoms with Crippen LogP contribution in [0.5, 0.6) is 0 Å². The Bertz CT molecular complexity index is 1470. The lowest BCUT2D eigenvalue weighted by molar-refractivity contribution is -0.139. The van der Waals surface area contributed by atoms with Gasteiger partial charge in [0.05, 0.1) is 28.5 Å². The average Bonchev–Trinajstić information content (AvgIpc) is 3.12. The smallest absolute Gasteiger partial charge is 0.338 e. The van der Waals surface area contributed by atoms with Crippen LogP contribution in [0, 0.1) is 0 Å². The van der Waals surface area contributed by atoms with Crippen LogP contribution in [0.4, 0.5) is 0 Å². The third-order valence-corrected chi connectivity index (χ3v) is 6.89. The van der Waals surface area contributed by atoms with E-state index in [1.807, 2.05) is 60.7 Å². The Morgan fingerprint density at radius 3 is 2.40 bits per heavy atom. The molecule has 1 aliphatic heterocycles. The lowest BCUT2D eigenvalue weighted by Crippen LogP contribution is -2.38. The minimum Gasteiger partial charge on any atom is -0.463 e. The highest BCUT2D eigenvalue weighted by Crippen LogP contribution is 2.26. The number of aromatic nitrogens is 1. The summed E-state index contributed by atoms with van der Waals surface area (Å²) in [6, 6.07) is 17.4. The first-order valence-corrected chi connectivity index (χ1v) is 12.5. The number of carbonyl (C=O) groups is 1. The van der Waals surface area contributed by atoms with Crippen molar-refractivity contribution < 1.29 is 9.53 Å². The van der Waals surface area contributed by atoms with Gasteiger partial charge in [0.1, 0.15) is 0 Å². The summed E-state index contributed by atoms with van der Waals surface area (Å²) in [7, 11) is 0. The summed E-state index contributed by atoms with van der Waals surface area (Å²) in [4.78, 5) is 31.6. The molecule has 0 bridgehead atoms. The summed E-state index contributed by atoms with van der Waals surface area (Å²) in [5.74, 6) is -0.455. The van der Waals surface area contributed by atoms with Crippen LogP contribution in [0.15, 0.2) is 81.7 Å². The van der Waals surface area contributed by atoms with Gasteiger partial charge < -0.3 is 4.74 Å². The van der Waals surface area contributed by atoms with E-state index in [1.165, 1.54) is 16.9 Å². The van der Waals surface area contributed by atoms with Gasteiger partial charge in [0, 0.05) is 0 Å². The summed E-state index contributed by atoms with van der Waals surface area (Å²) in [6.45, 7) is 10.3. The second-order valence-corrected chi connectivity index (χ2v) is 10.5. The molecule has 6 heteroatoms. The van der Waals surface area contributed by atoms with Crippen LogP contribution >= 0.6 is 11.3 Å². The Labute approximate surface area is 209 Å². The lowest BCUT2D eigenvalue weighted by atomic mass is 9.87. The van der Waals surface area contributed by atoms with Crippen LogP contribution in [0.3, 0.4) is 0 Å². The summed E-state index contributed by atoms with van der Waals surface area (Å²) < 4.78 is 7.49. The zero-order valence-electron chi connectivity index (χ0n) is 20.7. The number of thiazole rings is 1. The molecular formula is C29H30N2O3S. The second-order valence-electron chi connectivity index (χ2n) is 9.49. The van der Waals surface area contributed by atoms with Gasteiger partial charge in [0.25, 0.3) is 5.56 Å². The maximum absolute atomic E-state index is 13.6. The second kappa shape index (κ2) is 10.0. The lowest BCUT2D eigenvalue weighted by Gasteiger charge is -2.21. The van der Waals surface area contributed by atoms with Gasteiger partial charge in [0.15, 0.2) is 4.80 Å². The number of rotatable bonds is 5. The minimum absolute atomic E-state index is 0.0595. The third-order valence-electron chi connectivity index (χ3n) is 5.90. The van der Waals surface area contributed by atoms with Gasteiger partial charge in [-0.25, -0.2) is 9.79 Å². The van der Waals surface area contributed by atoms with E-state index in [1.54, 1.807) is 18.4 Å². The molecule has 180 valence electrons. The Balaban J connectivity index is 1.82. The molecule has 0 amide bonds. The largest absolute Gasteiger partial charge is 0.463 e. The van der Waals surface area contributed by atoms with Crippen molar-refractivity contribution in [1.82, 2.24) is 4.57 Å². The van der Waals surface area contributed by atoms with Gasteiger partial charge in [0.2, 0.25) is 0 Å². The van der Waals surface area contributed by atoms with Crippen molar-refractivity contribution in [2.75, 3.05) is 6.61 Å². The Hall–Kier alpha value is -3.51.